The summed E-state index contributed by atoms with van der Waals surface area (Å²) in [4.78, 5) is 19.4. The molecule has 0 radical (unpaired) electrons. The van der Waals surface area contributed by atoms with Crippen LogP contribution in [0.5, 0.6) is 5.75 Å². The minimum Gasteiger partial charge on any atom is -0.284 e. The summed E-state index contributed by atoms with van der Waals surface area (Å²) in [6.45, 7) is 1.14. The van der Waals surface area contributed by atoms with Crippen LogP contribution < -0.4 is 4.89 Å². The van der Waals surface area contributed by atoms with Gasteiger partial charge in [-0.1, -0.05) is 58.0 Å². The number of benzene rings is 1. The highest BCUT2D eigenvalue weighted by atomic mass is 35.5. The molecule has 0 atom stereocenters. The van der Waals surface area contributed by atoms with E-state index in [1.807, 2.05) is 0 Å². The summed E-state index contributed by atoms with van der Waals surface area (Å²) in [6.07, 6.45) is 0. The second kappa shape index (κ2) is 5.52. The second-order valence-electron chi connectivity index (χ2n) is 2.56. The molecule has 0 aliphatic heterocycles. The normalized spacial score (nSPS) is 10.1. The Balaban J connectivity index is 3.23. The molecule has 0 heterocycles. The maximum Gasteiger partial charge on any atom is 0.352 e. The first-order valence-corrected chi connectivity index (χ1v) is 5.61. The van der Waals surface area contributed by atoms with Gasteiger partial charge in [0, 0.05) is 6.92 Å². The van der Waals surface area contributed by atoms with Gasteiger partial charge in [-0.05, 0) is 0 Å². The van der Waals surface area contributed by atoms with Crippen molar-refractivity contribution in [2.24, 2.45) is 0 Å². The van der Waals surface area contributed by atoms with E-state index in [4.69, 9.17) is 58.0 Å². The average Bonchev–Trinajstić information content (AvgIpc) is 2.23. The fourth-order valence-corrected chi connectivity index (χ4v) is 1.94. The molecule has 0 unspecified atom stereocenters. The molecule has 0 bridgehead atoms. The monoisotopic (exact) mass is 322 g/mol. The highest BCUT2D eigenvalue weighted by Crippen LogP contribution is 2.48. The van der Waals surface area contributed by atoms with Crippen molar-refractivity contribution >= 4 is 64.0 Å². The smallest absolute Gasteiger partial charge is 0.284 e. The Hall–Kier alpha value is -0.0600. The fourth-order valence-electron chi connectivity index (χ4n) is 0.758. The van der Waals surface area contributed by atoms with Gasteiger partial charge in [0.05, 0.1) is 15.1 Å². The van der Waals surface area contributed by atoms with Crippen molar-refractivity contribution in [2.45, 2.75) is 6.92 Å². The first-order chi connectivity index (χ1) is 7.36. The Bertz CT molecular complexity index is 417. The lowest BCUT2D eigenvalue weighted by Crippen LogP contribution is -2.04. The maximum atomic E-state index is 10.6. The maximum absolute atomic E-state index is 10.6. The minimum atomic E-state index is -0.686. The van der Waals surface area contributed by atoms with Crippen LogP contribution in [-0.2, 0) is 9.68 Å². The molecule has 1 aromatic carbocycles. The zero-order valence-electron chi connectivity index (χ0n) is 7.61. The van der Waals surface area contributed by atoms with Gasteiger partial charge < -0.3 is 0 Å². The molecule has 88 valence electrons. The van der Waals surface area contributed by atoms with Gasteiger partial charge in [0.2, 0.25) is 5.75 Å². The highest BCUT2D eigenvalue weighted by molar-refractivity contribution is 6.55. The van der Waals surface area contributed by atoms with Crippen LogP contribution in [-0.4, -0.2) is 5.97 Å². The van der Waals surface area contributed by atoms with Crippen LogP contribution in [0.1, 0.15) is 6.92 Å². The van der Waals surface area contributed by atoms with E-state index in [1.54, 1.807) is 0 Å². The Labute approximate surface area is 116 Å². The number of hydrogen-bond acceptors (Lipinski definition) is 3. The van der Waals surface area contributed by atoms with Crippen molar-refractivity contribution in [1.82, 2.24) is 0 Å². The van der Waals surface area contributed by atoms with Crippen molar-refractivity contribution in [3.8, 4) is 5.75 Å². The zero-order chi connectivity index (χ0) is 12.5. The molecule has 1 rings (SSSR count). The first kappa shape index (κ1) is 14.0. The standard InChI is InChI=1S/C8H3Cl5O3/c1-2(14)15-16-8-6(12)4(10)3(9)5(11)7(8)13/h1H3. The van der Waals surface area contributed by atoms with Crippen molar-refractivity contribution in [2.75, 3.05) is 0 Å². The molecule has 16 heavy (non-hydrogen) atoms. The van der Waals surface area contributed by atoms with Crippen LogP contribution in [0, 0.1) is 0 Å². The Morgan fingerprint density at radius 1 is 0.875 bits per heavy atom. The Kier molecular flexibility index (Phi) is 4.83. The summed E-state index contributed by atoms with van der Waals surface area (Å²) in [7, 11) is 0. The van der Waals surface area contributed by atoms with Crippen LogP contribution in [0.4, 0.5) is 0 Å². The third-order valence-corrected chi connectivity index (χ3v) is 3.65. The third kappa shape index (κ3) is 2.79. The summed E-state index contributed by atoms with van der Waals surface area (Å²) in [5, 5.41) is -0.280. The van der Waals surface area contributed by atoms with E-state index in [1.165, 1.54) is 0 Å². The molecular weight excluding hydrogens is 321 g/mol. The molecule has 1 aromatic rings. The second-order valence-corrected chi connectivity index (χ2v) is 4.45. The van der Waals surface area contributed by atoms with Crippen LogP contribution in [0.25, 0.3) is 0 Å². The molecule has 0 spiro atoms. The average molecular weight is 324 g/mol. The zero-order valence-corrected chi connectivity index (χ0v) is 11.4. The van der Waals surface area contributed by atoms with E-state index in [-0.39, 0.29) is 30.9 Å². The van der Waals surface area contributed by atoms with E-state index in [0.29, 0.717) is 0 Å². The summed E-state index contributed by atoms with van der Waals surface area (Å²) in [5.41, 5.74) is 0. The number of hydrogen-bond donors (Lipinski definition) is 0. The SMILES string of the molecule is CC(=O)OOc1c(Cl)c(Cl)c(Cl)c(Cl)c1Cl. The van der Waals surface area contributed by atoms with Gasteiger partial charge in [-0.2, -0.15) is 0 Å². The van der Waals surface area contributed by atoms with Gasteiger partial charge in [-0.3, -0.25) is 9.78 Å². The first-order valence-electron chi connectivity index (χ1n) is 3.72. The van der Waals surface area contributed by atoms with Crippen LogP contribution in [0.3, 0.4) is 0 Å². The fraction of sp³-hybridized carbons (Fsp3) is 0.125. The lowest BCUT2D eigenvalue weighted by molar-refractivity contribution is -0.210. The van der Waals surface area contributed by atoms with Crippen molar-refractivity contribution in [3.05, 3.63) is 25.1 Å². The van der Waals surface area contributed by atoms with Gasteiger partial charge in [0.1, 0.15) is 10.0 Å². The van der Waals surface area contributed by atoms with Gasteiger partial charge in [-0.15, -0.1) is 0 Å². The molecule has 3 nitrogen and oxygen atoms in total. The van der Waals surface area contributed by atoms with Crippen molar-refractivity contribution in [3.63, 3.8) is 0 Å². The highest BCUT2D eigenvalue weighted by Gasteiger charge is 2.22. The molecule has 0 N–H and O–H groups in total. The van der Waals surface area contributed by atoms with E-state index < -0.39 is 5.97 Å². The van der Waals surface area contributed by atoms with Gasteiger partial charge in [0.25, 0.3) is 0 Å². The molecule has 0 aliphatic rings. The molecule has 8 heteroatoms. The minimum absolute atomic E-state index is 0.00601. The molecular formula is C8H3Cl5O3. The quantitative estimate of drug-likeness (QED) is 0.339. The van der Waals surface area contributed by atoms with Gasteiger partial charge >= 0.3 is 5.97 Å². The van der Waals surface area contributed by atoms with Crippen LogP contribution in [0.2, 0.25) is 25.1 Å². The van der Waals surface area contributed by atoms with Crippen LogP contribution >= 0.6 is 58.0 Å². The molecule has 0 aliphatic carbocycles. The third-order valence-electron chi connectivity index (χ3n) is 1.41. The summed E-state index contributed by atoms with van der Waals surface area (Å²) >= 11 is 28.8. The molecule has 0 saturated carbocycles. The summed E-state index contributed by atoms with van der Waals surface area (Å²) in [6, 6.07) is 0. The lowest BCUT2D eigenvalue weighted by atomic mass is 10.3. The van der Waals surface area contributed by atoms with Crippen molar-refractivity contribution < 1.29 is 14.6 Å². The van der Waals surface area contributed by atoms with E-state index in [9.17, 15) is 4.79 Å². The van der Waals surface area contributed by atoms with E-state index in [2.05, 4.69) is 9.78 Å². The molecule has 0 saturated heterocycles. The summed E-state index contributed by atoms with van der Waals surface area (Å²) in [5.74, 6) is -0.854. The van der Waals surface area contributed by atoms with E-state index >= 15 is 0 Å². The topological polar surface area (TPSA) is 35.5 Å². The number of carbonyl (C=O) groups is 1. The lowest BCUT2D eigenvalue weighted by Gasteiger charge is -2.10. The molecule has 0 aromatic heterocycles. The largest absolute Gasteiger partial charge is 0.352 e. The predicted molar refractivity (Wildman–Crippen MR) is 63.9 cm³/mol. The Morgan fingerprint density at radius 2 is 1.25 bits per heavy atom. The number of rotatable bonds is 2. The van der Waals surface area contributed by atoms with Gasteiger partial charge in [-0.25, -0.2) is 4.79 Å². The van der Waals surface area contributed by atoms with Crippen molar-refractivity contribution in [1.29, 1.82) is 0 Å². The molecule has 0 fully saturated rings. The Morgan fingerprint density at radius 3 is 1.62 bits per heavy atom. The number of halogens is 5. The van der Waals surface area contributed by atoms with Gasteiger partial charge in [0.15, 0.2) is 0 Å². The van der Waals surface area contributed by atoms with E-state index in [0.717, 1.165) is 6.92 Å². The summed E-state index contributed by atoms with van der Waals surface area (Å²) < 4.78 is 0. The molecule has 0 amide bonds. The predicted octanol–water partition coefficient (Wildman–Crippen LogP) is 4.81. The number of carbonyl (C=O) groups excluding carboxylic acids is 1. The van der Waals surface area contributed by atoms with Crippen LogP contribution in [0.15, 0.2) is 0 Å².